The zero-order valence-electron chi connectivity index (χ0n) is 15.7. The topological polar surface area (TPSA) is 86.6 Å². The first-order valence-corrected chi connectivity index (χ1v) is 8.82. The number of aryl methyl sites for hydroxylation is 2. The molecule has 152 valence electrons. The highest BCUT2D eigenvalue weighted by Gasteiger charge is 2.39. The molecular weight excluding hydrogens is 399 g/mol. The molecule has 5 nitrogen and oxygen atoms in total. The molecule has 1 aliphatic carbocycles. The van der Waals surface area contributed by atoms with Gasteiger partial charge in [0.15, 0.2) is 40.5 Å². The van der Waals surface area contributed by atoms with Gasteiger partial charge in [-0.05, 0) is 37.1 Å². The number of hydrogen-bond donors (Lipinski definition) is 3. The SMILES string of the molecule is Cc1cccc(C)c1Nc1c(F)c(F)c2c(c1F)C(=O)c1cc(O)c(O)cc1C2=O. The molecule has 0 saturated carbocycles. The Kier molecular flexibility index (Phi) is 4.30. The summed E-state index contributed by atoms with van der Waals surface area (Å²) >= 11 is 0. The van der Waals surface area contributed by atoms with Gasteiger partial charge in [0, 0.05) is 16.8 Å². The normalized spacial score (nSPS) is 12.6. The van der Waals surface area contributed by atoms with Crippen molar-refractivity contribution in [2.75, 3.05) is 5.32 Å². The number of rotatable bonds is 2. The van der Waals surface area contributed by atoms with E-state index in [1.54, 1.807) is 32.0 Å². The molecule has 4 rings (SSSR count). The summed E-state index contributed by atoms with van der Waals surface area (Å²) in [6.07, 6.45) is 0. The molecule has 0 atom stereocenters. The van der Waals surface area contributed by atoms with Crippen LogP contribution in [0.4, 0.5) is 24.5 Å². The van der Waals surface area contributed by atoms with Crippen molar-refractivity contribution >= 4 is 22.9 Å². The van der Waals surface area contributed by atoms with Gasteiger partial charge in [-0.1, -0.05) is 18.2 Å². The standard InChI is InChI=1S/C22H14F3NO4/c1-8-4-3-5-9(2)19(8)26-20-17(24)15-14(16(23)18(20)25)21(29)10-6-12(27)13(28)7-11(10)22(15)30/h3-7,26-28H,1-2H3. The highest BCUT2D eigenvalue weighted by molar-refractivity contribution is 6.29. The van der Waals surface area contributed by atoms with Crippen LogP contribution in [-0.4, -0.2) is 21.8 Å². The molecule has 0 unspecified atom stereocenters. The van der Waals surface area contributed by atoms with E-state index in [-0.39, 0.29) is 0 Å². The minimum Gasteiger partial charge on any atom is -0.504 e. The van der Waals surface area contributed by atoms with E-state index in [4.69, 9.17) is 0 Å². The monoisotopic (exact) mass is 413 g/mol. The number of carbonyl (C=O) groups is 2. The molecule has 0 spiro atoms. The number of phenols is 2. The zero-order valence-corrected chi connectivity index (χ0v) is 15.7. The number of ketones is 2. The third kappa shape index (κ3) is 2.64. The summed E-state index contributed by atoms with van der Waals surface area (Å²) in [5.74, 6) is -8.50. The number of halogens is 3. The number of fused-ring (bicyclic) bond motifs is 2. The van der Waals surface area contributed by atoms with Crippen molar-refractivity contribution in [3.8, 4) is 11.5 Å². The molecule has 3 aromatic rings. The average molecular weight is 413 g/mol. The van der Waals surface area contributed by atoms with Gasteiger partial charge in [0.25, 0.3) is 0 Å². The molecule has 3 aromatic carbocycles. The van der Waals surface area contributed by atoms with Crippen molar-refractivity contribution < 1.29 is 33.0 Å². The molecule has 0 fully saturated rings. The Morgan fingerprint density at radius 2 is 1.20 bits per heavy atom. The lowest BCUT2D eigenvalue weighted by atomic mass is 9.82. The van der Waals surface area contributed by atoms with Gasteiger partial charge < -0.3 is 15.5 Å². The van der Waals surface area contributed by atoms with Crippen LogP contribution in [-0.2, 0) is 0 Å². The first-order valence-electron chi connectivity index (χ1n) is 8.82. The second-order valence-corrected chi connectivity index (χ2v) is 7.00. The van der Waals surface area contributed by atoms with Gasteiger partial charge in [-0.3, -0.25) is 9.59 Å². The maximum atomic E-state index is 15.3. The summed E-state index contributed by atoms with van der Waals surface area (Å²) in [5.41, 5.74) is -2.21. The van der Waals surface area contributed by atoms with E-state index in [9.17, 15) is 28.6 Å². The molecule has 1 aliphatic rings. The molecule has 30 heavy (non-hydrogen) atoms. The van der Waals surface area contributed by atoms with Crippen LogP contribution in [0, 0.1) is 31.3 Å². The lowest BCUT2D eigenvalue weighted by molar-refractivity contribution is 0.0970. The quantitative estimate of drug-likeness (QED) is 0.329. The summed E-state index contributed by atoms with van der Waals surface area (Å²) < 4.78 is 44.9. The van der Waals surface area contributed by atoms with Crippen molar-refractivity contribution in [3.05, 3.63) is 81.2 Å². The fourth-order valence-electron chi connectivity index (χ4n) is 3.56. The molecule has 0 radical (unpaired) electrons. The molecular formula is C22H14F3NO4. The van der Waals surface area contributed by atoms with E-state index in [2.05, 4.69) is 5.32 Å². The van der Waals surface area contributed by atoms with Crippen LogP contribution in [0.15, 0.2) is 30.3 Å². The number of aromatic hydroxyl groups is 2. The number of benzene rings is 3. The molecule has 0 saturated heterocycles. The smallest absolute Gasteiger partial charge is 0.197 e. The number of hydrogen-bond acceptors (Lipinski definition) is 5. The summed E-state index contributed by atoms with van der Waals surface area (Å²) in [6.45, 7) is 3.36. The molecule has 8 heteroatoms. The summed E-state index contributed by atoms with van der Waals surface area (Å²) in [7, 11) is 0. The van der Waals surface area contributed by atoms with E-state index in [1.165, 1.54) is 0 Å². The Balaban J connectivity index is 1.97. The Morgan fingerprint density at radius 3 is 1.70 bits per heavy atom. The number of para-hydroxylation sites is 1. The van der Waals surface area contributed by atoms with Gasteiger partial charge in [-0.2, -0.15) is 0 Å². The Morgan fingerprint density at radius 1 is 0.733 bits per heavy atom. The van der Waals surface area contributed by atoms with Gasteiger partial charge in [-0.25, -0.2) is 13.2 Å². The maximum absolute atomic E-state index is 15.3. The number of nitrogens with one attached hydrogen (secondary N) is 1. The van der Waals surface area contributed by atoms with Crippen LogP contribution in [0.2, 0.25) is 0 Å². The van der Waals surface area contributed by atoms with Gasteiger partial charge in [0.2, 0.25) is 0 Å². The Hall–Kier alpha value is -3.81. The molecule has 3 N–H and O–H groups in total. The van der Waals surface area contributed by atoms with Gasteiger partial charge in [0.1, 0.15) is 5.69 Å². The minimum absolute atomic E-state index is 0.326. The second kappa shape index (κ2) is 6.62. The molecule has 0 aromatic heterocycles. The molecule has 0 aliphatic heterocycles. The fourth-order valence-corrected chi connectivity index (χ4v) is 3.56. The van der Waals surface area contributed by atoms with Crippen molar-refractivity contribution in [2.45, 2.75) is 13.8 Å². The third-order valence-corrected chi connectivity index (χ3v) is 5.11. The molecule has 0 bridgehead atoms. The summed E-state index contributed by atoms with van der Waals surface area (Å²) in [6, 6.07) is 6.64. The Labute approximate surface area is 168 Å². The minimum atomic E-state index is -1.68. The predicted molar refractivity (Wildman–Crippen MR) is 102 cm³/mol. The van der Waals surface area contributed by atoms with Crippen molar-refractivity contribution in [3.63, 3.8) is 0 Å². The van der Waals surface area contributed by atoms with Crippen molar-refractivity contribution in [1.29, 1.82) is 0 Å². The second-order valence-electron chi connectivity index (χ2n) is 7.00. The van der Waals surface area contributed by atoms with E-state index in [0.29, 0.717) is 16.8 Å². The highest BCUT2D eigenvalue weighted by Crippen LogP contribution is 2.40. The zero-order chi connectivity index (χ0) is 21.9. The lowest BCUT2D eigenvalue weighted by Crippen LogP contribution is -2.25. The van der Waals surface area contributed by atoms with Crippen LogP contribution < -0.4 is 5.32 Å². The van der Waals surface area contributed by atoms with Crippen molar-refractivity contribution in [1.82, 2.24) is 0 Å². The van der Waals surface area contributed by atoms with Crippen LogP contribution in [0.3, 0.4) is 0 Å². The fraction of sp³-hybridized carbons (Fsp3) is 0.0909. The summed E-state index contributed by atoms with van der Waals surface area (Å²) in [4.78, 5) is 25.5. The Bertz CT molecular complexity index is 1260. The van der Waals surface area contributed by atoms with E-state index < -0.39 is 68.5 Å². The van der Waals surface area contributed by atoms with E-state index >= 15 is 4.39 Å². The molecule has 0 heterocycles. The first kappa shape index (κ1) is 19.5. The van der Waals surface area contributed by atoms with Gasteiger partial charge in [-0.15, -0.1) is 0 Å². The average Bonchev–Trinajstić information content (AvgIpc) is 2.69. The van der Waals surface area contributed by atoms with Crippen LogP contribution in [0.25, 0.3) is 0 Å². The first-order chi connectivity index (χ1) is 14.1. The predicted octanol–water partition coefficient (Wildman–Crippen LogP) is 4.65. The lowest BCUT2D eigenvalue weighted by Gasteiger charge is -2.22. The van der Waals surface area contributed by atoms with E-state index in [0.717, 1.165) is 12.1 Å². The number of phenolic OH excluding ortho intramolecular Hbond substituents is 2. The van der Waals surface area contributed by atoms with Crippen molar-refractivity contribution in [2.24, 2.45) is 0 Å². The van der Waals surface area contributed by atoms with Gasteiger partial charge >= 0.3 is 0 Å². The summed E-state index contributed by atoms with van der Waals surface area (Å²) in [5, 5.41) is 21.8. The van der Waals surface area contributed by atoms with Gasteiger partial charge in [0.05, 0.1) is 11.1 Å². The maximum Gasteiger partial charge on any atom is 0.197 e. The van der Waals surface area contributed by atoms with E-state index in [1.807, 2.05) is 0 Å². The number of carbonyl (C=O) groups excluding carboxylic acids is 2. The van der Waals surface area contributed by atoms with Crippen LogP contribution >= 0.6 is 0 Å². The number of anilines is 2. The van der Waals surface area contributed by atoms with Crippen LogP contribution in [0.1, 0.15) is 43.0 Å². The third-order valence-electron chi connectivity index (χ3n) is 5.11. The molecule has 0 amide bonds. The highest BCUT2D eigenvalue weighted by atomic mass is 19.2. The van der Waals surface area contributed by atoms with Crippen LogP contribution in [0.5, 0.6) is 11.5 Å². The largest absolute Gasteiger partial charge is 0.504 e.